The minimum absolute atomic E-state index is 0.0140. The summed E-state index contributed by atoms with van der Waals surface area (Å²) < 4.78 is 10.9. The molecule has 5 rings (SSSR count). The number of nitrogens with zero attached hydrogens (tertiary/aromatic N) is 3. The largest absolute Gasteiger partial charge is 0.502 e. The molecule has 36 heavy (non-hydrogen) atoms. The van der Waals surface area contributed by atoms with Gasteiger partial charge in [0.25, 0.3) is 5.56 Å². The van der Waals surface area contributed by atoms with Gasteiger partial charge in [0.15, 0.2) is 0 Å². The van der Waals surface area contributed by atoms with Crippen LogP contribution in [0.25, 0.3) is 0 Å². The SMILES string of the molecule is O=C1OC(c2ccc(C#Cc3ccc(CN4CCOCC4)cc3)cc2)CN1Cc1nc[nH]c(=O)c1O. The van der Waals surface area contributed by atoms with E-state index < -0.39 is 23.5 Å². The molecule has 1 aromatic heterocycles. The summed E-state index contributed by atoms with van der Waals surface area (Å²) in [5.41, 5.74) is 3.38. The van der Waals surface area contributed by atoms with Crippen LogP contribution < -0.4 is 5.56 Å². The van der Waals surface area contributed by atoms with Crippen LogP contribution in [0.5, 0.6) is 5.75 Å². The first-order chi connectivity index (χ1) is 17.5. The highest BCUT2D eigenvalue weighted by molar-refractivity contribution is 5.70. The van der Waals surface area contributed by atoms with Gasteiger partial charge in [0, 0.05) is 30.8 Å². The molecule has 1 unspecified atom stereocenters. The van der Waals surface area contributed by atoms with E-state index in [0.29, 0.717) is 0 Å². The van der Waals surface area contributed by atoms with E-state index in [1.54, 1.807) is 0 Å². The zero-order valence-electron chi connectivity index (χ0n) is 19.6. The van der Waals surface area contributed by atoms with Gasteiger partial charge >= 0.3 is 6.09 Å². The summed E-state index contributed by atoms with van der Waals surface area (Å²) >= 11 is 0. The number of carbonyl (C=O) groups is 1. The minimum atomic E-state index is -0.648. The van der Waals surface area contributed by atoms with Crippen LogP contribution in [-0.2, 0) is 22.6 Å². The Bertz CT molecular complexity index is 1340. The Balaban J connectivity index is 1.18. The third-order valence-electron chi connectivity index (χ3n) is 6.23. The molecule has 1 amide bonds. The lowest BCUT2D eigenvalue weighted by Crippen LogP contribution is -2.35. The van der Waals surface area contributed by atoms with Crippen LogP contribution in [0.3, 0.4) is 0 Å². The van der Waals surface area contributed by atoms with Crippen molar-refractivity contribution < 1.29 is 19.4 Å². The van der Waals surface area contributed by atoms with E-state index in [9.17, 15) is 14.7 Å². The Morgan fingerprint density at radius 2 is 1.64 bits per heavy atom. The molecule has 0 radical (unpaired) electrons. The number of aromatic nitrogens is 2. The fourth-order valence-electron chi connectivity index (χ4n) is 4.17. The standard InChI is InChI=1S/C27H26N4O5/c32-25-23(28-18-29-26(25)33)16-31-17-24(36-27(31)34)22-9-7-20(8-10-22)2-1-19-3-5-21(6-4-19)15-30-11-13-35-14-12-30/h3-10,18,24,32H,11-17H2,(H,28,29,33). The van der Waals surface area contributed by atoms with Crippen molar-refractivity contribution in [2.24, 2.45) is 0 Å². The Morgan fingerprint density at radius 3 is 2.33 bits per heavy atom. The van der Waals surface area contributed by atoms with E-state index in [-0.39, 0.29) is 18.8 Å². The zero-order chi connectivity index (χ0) is 24.9. The molecular weight excluding hydrogens is 460 g/mol. The number of hydrogen-bond acceptors (Lipinski definition) is 7. The van der Waals surface area contributed by atoms with Gasteiger partial charge in [-0.1, -0.05) is 36.1 Å². The zero-order valence-corrected chi connectivity index (χ0v) is 19.6. The molecule has 2 aliphatic heterocycles. The van der Waals surface area contributed by atoms with Gasteiger partial charge < -0.3 is 19.6 Å². The van der Waals surface area contributed by atoms with Gasteiger partial charge in [-0.25, -0.2) is 9.78 Å². The first-order valence-corrected chi connectivity index (χ1v) is 11.8. The maximum atomic E-state index is 12.3. The molecule has 2 saturated heterocycles. The van der Waals surface area contributed by atoms with E-state index in [1.807, 2.05) is 36.4 Å². The van der Waals surface area contributed by atoms with Crippen molar-refractivity contribution >= 4 is 6.09 Å². The summed E-state index contributed by atoms with van der Waals surface area (Å²) in [4.78, 5) is 33.9. The molecule has 2 aromatic carbocycles. The van der Waals surface area contributed by atoms with E-state index in [4.69, 9.17) is 9.47 Å². The Labute approximate surface area is 208 Å². The molecule has 0 bridgehead atoms. The Hall–Kier alpha value is -4.13. The van der Waals surface area contributed by atoms with E-state index in [2.05, 4.69) is 38.8 Å². The number of aromatic amines is 1. The molecule has 2 fully saturated rings. The van der Waals surface area contributed by atoms with Gasteiger partial charge in [-0.05, 0) is 35.4 Å². The van der Waals surface area contributed by atoms with Gasteiger partial charge in [-0.3, -0.25) is 14.6 Å². The van der Waals surface area contributed by atoms with Crippen molar-refractivity contribution in [2.75, 3.05) is 32.8 Å². The third kappa shape index (κ3) is 5.57. The summed E-state index contributed by atoms with van der Waals surface area (Å²) in [5.74, 6) is 5.88. The quantitative estimate of drug-likeness (QED) is 0.533. The third-order valence-corrected chi connectivity index (χ3v) is 6.23. The second-order valence-electron chi connectivity index (χ2n) is 8.74. The minimum Gasteiger partial charge on any atom is -0.502 e. The molecule has 9 heteroatoms. The summed E-state index contributed by atoms with van der Waals surface area (Å²) in [6.07, 6.45) is 0.209. The van der Waals surface area contributed by atoms with Crippen LogP contribution in [-0.4, -0.2) is 63.8 Å². The molecule has 9 nitrogen and oxygen atoms in total. The lowest BCUT2D eigenvalue weighted by Gasteiger charge is -2.26. The first kappa shape index (κ1) is 23.6. The first-order valence-electron chi connectivity index (χ1n) is 11.8. The van der Waals surface area contributed by atoms with E-state index >= 15 is 0 Å². The number of benzene rings is 2. The highest BCUT2D eigenvalue weighted by atomic mass is 16.6. The fourth-order valence-corrected chi connectivity index (χ4v) is 4.17. The lowest BCUT2D eigenvalue weighted by atomic mass is 10.1. The van der Waals surface area contributed by atoms with Crippen molar-refractivity contribution in [1.82, 2.24) is 19.8 Å². The molecule has 1 atom stereocenters. The predicted molar refractivity (Wildman–Crippen MR) is 131 cm³/mol. The van der Waals surface area contributed by atoms with Crippen molar-refractivity contribution in [3.05, 3.63) is 93.2 Å². The number of morpholine rings is 1. The van der Waals surface area contributed by atoms with Crippen LogP contribution >= 0.6 is 0 Å². The summed E-state index contributed by atoms with van der Waals surface area (Å²) in [5, 5.41) is 9.87. The van der Waals surface area contributed by atoms with Crippen molar-refractivity contribution in [3.63, 3.8) is 0 Å². The van der Waals surface area contributed by atoms with Gasteiger partial charge in [0.2, 0.25) is 5.75 Å². The molecule has 0 saturated carbocycles. The number of nitrogens with one attached hydrogen (secondary N) is 1. The van der Waals surface area contributed by atoms with E-state index in [0.717, 1.165) is 49.5 Å². The van der Waals surface area contributed by atoms with Gasteiger partial charge in [0.1, 0.15) is 11.8 Å². The molecule has 2 aliphatic rings. The van der Waals surface area contributed by atoms with Crippen LogP contribution in [0.4, 0.5) is 4.79 Å². The normalized spacial score (nSPS) is 17.9. The predicted octanol–water partition coefficient (Wildman–Crippen LogP) is 2.40. The lowest BCUT2D eigenvalue weighted by molar-refractivity contribution is 0.0342. The average Bonchev–Trinajstić information content (AvgIpc) is 3.27. The molecule has 0 spiro atoms. The summed E-state index contributed by atoms with van der Waals surface area (Å²) in [6, 6.07) is 15.9. The molecular formula is C27H26N4O5. The second-order valence-corrected chi connectivity index (χ2v) is 8.74. The molecule has 2 N–H and O–H groups in total. The van der Waals surface area contributed by atoms with Crippen LogP contribution in [0.15, 0.2) is 59.7 Å². The van der Waals surface area contributed by atoms with Crippen molar-refractivity contribution in [3.8, 4) is 17.6 Å². The van der Waals surface area contributed by atoms with E-state index in [1.165, 1.54) is 16.8 Å². The second kappa shape index (κ2) is 10.6. The van der Waals surface area contributed by atoms with Gasteiger partial charge in [-0.2, -0.15) is 0 Å². The van der Waals surface area contributed by atoms with Crippen LogP contribution in [0, 0.1) is 11.8 Å². The Kier molecular flexibility index (Phi) is 6.98. The number of H-pyrrole nitrogens is 1. The Morgan fingerprint density at radius 1 is 0.972 bits per heavy atom. The van der Waals surface area contributed by atoms with Crippen LogP contribution in [0.1, 0.15) is 34.1 Å². The number of hydrogen-bond donors (Lipinski definition) is 2. The van der Waals surface area contributed by atoms with Crippen LogP contribution in [0.2, 0.25) is 0 Å². The van der Waals surface area contributed by atoms with Crippen molar-refractivity contribution in [1.29, 1.82) is 0 Å². The number of ether oxygens (including phenoxy) is 2. The summed E-state index contributed by atoms with van der Waals surface area (Å²) in [6.45, 7) is 4.70. The number of carbonyl (C=O) groups excluding carboxylic acids is 1. The highest BCUT2D eigenvalue weighted by Gasteiger charge is 2.33. The van der Waals surface area contributed by atoms with Gasteiger partial charge in [-0.15, -0.1) is 0 Å². The smallest absolute Gasteiger partial charge is 0.410 e. The fraction of sp³-hybridized carbons (Fsp3) is 0.296. The number of cyclic esters (lactones) is 1. The maximum Gasteiger partial charge on any atom is 0.410 e. The number of amides is 1. The molecule has 3 heterocycles. The average molecular weight is 487 g/mol. The van der Waals surface area contributed by atoms with Gasteiger partial charge in [0.05, 0.1) is 32.6 Å². The maximum absolute atomic E-state index is 12.3. The van der Waals surface area contributed by atoms with Crippen molar-refractivity contribution in [2.45, 2.75) is 19.2 Å². The molecule has 3 aromatic rings. The monoisotopic (exact) mass is 486 g/mol. The highest BCUT2D eigenvalue weighted by Crippen LogP contribution is 2.28. The summed E-state index contributed by atoms with van der Waals surface area (Å²) in [7, 11) is 0. The number of rotatable bonds is 5. The molecule has 184 valence electrons. The topological polar surface area (TPSA) is 108 Å². The molecule has 0 aliphatic carbocycles. The number of aromatic hydroxyl groups is 1.